The van der Waals surface area contributed by atoms with Gasteiger partial charge in [-0.25, -0.2) is 9.36 Å². The highest BCUT2D eigenvalue weighted by Crippen LogP contribution is 2.14. The average molecular weight is 579 g/mol. The monoisotopic (exact) mass is 578 g/mol. The third-order valence-electron chi connectivity index (χ3n) is 7.34. The number of pyridine rings is 1. The van der Waals surface area contributed by atoms with Crippen molar-refractivity contribution in [2.45, 2.75) is 143 Å². The van der Waals surface area contributed by atoms with E-state index in [1.165, 1.54) is 89.9 Å². The largest absolute Gasteiger partial charge is 0.504 e. The van der Waals surface area contributed by atoms with E-state index in [4.69, 9.17) is 14.2 Å². The average Bonchev–Trinajstić information content (AvgIpc) is 2.97. The van der Waals surface area contributed by atoms with Crippen LogP contribution in [0.2, 0.25) is 0 Å². The molecule has 1 heterocycles. The Morgan fingerprint density at radius 1 is 0.756 bits per heavy atom. The Morgan fingerprint density at radius 2 is 1.27 bits per heavy atom. The van der Waals surface area contributed by atoms with Gasteiger partial charge in [-0.05, 0) is 39.3 Å². The Balaban J connectivity index is 2.03. The van der Waals surface area contributed by atoms with Crippen LogP contribution in [-0.2, 0) is 20.8 Å². The summed E-state index contributed by atoms with van der Waals surface area (Å²) in [5.41, 5.74) is 0.942. The Kier molecular flexibility index (Phi) is 22.7. The molecule has 0 aromatic carbocycles. The minimum absolute atomic E-state index is 0.00984. The molecule has 0 fully saturated rings. The van der Waals surface area contributed by atoms with Gasteiger partial charge in [0.25, 0.3) is 5.82 Å². The molecule has 2 N–H and O–H groups in total. The Bertz CT molecular complexity index is 805. The van der Waals surface area contributed by atoms with Crippen molar-refractivity contribution < 1.29 is 28.4 Å². The first-order valence-electron chi connectivity index (χ1n) is 16.5. The summed E-state index contributed by atoms with van der Waals surface area (Å²) in [6.07, 6.45) is 21.5. The van der Waals surface area contributed by atoms with Gasteiger partial charge in [-0.15, -0.1) is 0 Å². The fourth-order valence-electron chi connectivity index (χ4n) is 4.87. The maximum atomic E-state index is 12.3. The number of hydrogen-bond donors (Lipinski definition) is 2. The molecule has 1 aromatic heterocycles. The molecule has 8 nitrogen and oxygen atoms in total. The SMILES string of the molecule is CCCCCCCCCCCCCCCCCCNC(=O)OCC(COC(=O)Nc1c(C)ccc[n+]1CC)OCC. The van der Waals surface area contributed by atoms with E-state index in [-0.39, 0.29) is 13.2 Å². The second-order valence-electron chi connectivity index (χ2n) is 11.0. The van der Waals surface area contributed by atoms with Crippen LogP contribution in [0.3, 0.4) is 0 Å². The zero-order chi connectivity index (χ0) is 30.0. The number of carbonyl (C=O) groups excluding carboxylic acids is 2. The number of aromatic nitrogens is 1. The summed E-state index contributed by atoms with van der Waals surface area (Å²) in [4.78, 5) is 24.4. The minimum atomic E-state index is -0.570. The molecule has 1 rings (SSSR count). The third kappa shape index (κ3) is 19.4. The molecule has 0 aliphatic rings. The van der Waals surface area contributed by atoms with Gasteiger partial charge in [0, 0.05) is 18.7 Å². The van der Waals surface area contributed by atoms with Gasteiger partial charge in [0.05, 0.1) is 12.7 Å². The molecular formula is C33H60N3O5+. The number of rotatable bonds is 25. The van der Waals surface area contributed by atoms with Gasteiger partial charge in [-0.3, -0.25) is 0 Å². The molecule has 0 bridgehead atoms. The third-order valence-corrected chi connectivity index (χ3v) is 7.34. The molecular weight excluding hydrogens is 518 g/mol. The lowest BCUT2D eigenvalue weighted by molar-refractivity contribution is -0.679. The molecule has 0 aliphatic carbocycles. The highest BCUT2D eigenvalue weighted by Gasteiger charge is 2.20. The van der Waals surface area contributed by atoms with Crippen molar-refractivity contribution in [3.8, 4) is 0 Å². The molecule has 0 spiro atoms. The van der Waals surface area contributed by atoms with Crippen molar-refractivity contribution in [3.63, 3.8) is 0 Å². The van der Waals surface area contributed by atoms with E-state index in [1.807, 2.05) is 43.7 Å². The van der Waals surface area contributed by atoms with Crippen LogP contribution in [0.25, 0.3) is 0 Å². The van der Waals surface area contributed by atoms with Gasteiger partial charge >= 0.3 is 12.2 Å². The van der Waals surface area contributed by atoms with Crippen LogP contribution in [0.15, 0.2) is 18.3 Å². The molecule has 8 heteroatoms. The summed E-state index contributed by atoms with van der Waals surface area (Å²) in [6, 6.07) is 3.86. The lowest BCUT2D eigenvalue weighted by Crippen LogP contribution is -2.38. The maximum Gasteiger partial charge on any atom is 0.504 e. The smallest absolute Gasteiger partial charge is 0.447 e. The number of carbonyl (C=O) groups is 2. The van der Waals surface area contributed by atoms with Gasteiger partial charge in [0.2, 0.25) is 0 Å². The summed E-state index contributed by atoms with van der Waals surface area (Å²) < 4.78 is 18.2. The molecule has 0 aliphatic heterocycles. The fraction of sp³-hybridized carbons (Fsp3) is 0.788. The summed E-state index contributed by atoms with van der Waals surface area (Å²) in [7, 11) is 0. The molecule has 1 atom stereocenters. The highest BCUT2D eigenvalue weighted by molar-refractivity contribution is 5.83. The first-order valence-corrected chi connectivity index (χ1v) is 16.5. The summed E-state index contributed by atoms with van der Waals surface area (Å²) in [6.45, 7) is 9.81. The normalized spacial score (nSPS) is 11.7. The molecule has 236 valence electrons. The van der Waals surface area contributed by atoms with E-state index >= 15 is 0 Å². The van der Waals surface area contributed by atoms with Crippen molar-refractivity contribution in [1.29, 1.82) is 0 Å². The van der Waals surface area contributed by atoms with Crippen molar-refractivity contribution >= 4 is 18.0 Å². The minimum Gasteiger partial charge on any atom is -0.447 e. The summed E-state index contributed by atoms with van der Waals surface area (Å²) in [5, 5.41) is 5.60. The Labute approximate surface area is 250 Å². The standard InChI is InChI=1S/C33H59N3O5/c1-5-8-9-10-11-12-13-14-15-16-17-18-19-20-21-22-25-34-32(37)40-27-30(39-7-3)28-41-33(38)35-31-29(4)24-23-26-36(31)6-2/h23-24,26,30H,5-22,25,27-28H2,1-4H3,(H,34,37)/p+1. The second-order valence-corrected chi connectivity index (χ2v) is 11.0. The van der Waals surface area contributed by atoms with Gasteiger partial charge in [0.1, 0.15) is 19.3 Å². The van der Waals surface area contributed by atoms with Crippen LogP contribution in [-0.4, -0.2) is 44.7 Å². The lowest BCUT2D eigenvalue weighted by atomic mass is 10.0. The Hall–Kier alpha value is -2.35. The van der Waals surface area contributed by atoms with E-state index in [0.29, 0.717) is 19.0 Å². The second kappa shape index (κ2) is 25.4. The molecule has 0 radical (unpaired) electrons. The van der Waals surface area contributed by atoms with Crippen molar-refractivity contribution in [2.24, 2.45) is 0 Å². The number of nitrogens with one attached hydrogen (secondary N) is 2. The topological polar surface area (TPSA) is 89.8 Å². The number of unbranched alkanes of at least 4 members (excludes halogenated alkanes) is 15. The molecule has 0 saturated heterocycles. The quantitative estimate of drug-likeness (QED) is 0.0901. The number of anilines is 1. The van der Waals surface area contributed by atoms with Crippen LogP contribution in [0.1, 0.15) is 129 Å². The Morgan fingerprint density at radius 3 is 1.78 bits per heavy atom. The first-order chi connectivity index (χ1) is 20.0. The molecule has 2 amide bonds. The van der Waals surface area contributed by atoms with E-state index in [0.717, 1.165) is 24.9 Å². The molecule has 0 saturated carbocycles. The number of ether oxygens (including phenoxy) is 3. The predicted molar refractivity (Wildman–Crippen MR) is 166 cm³/mol. The van der Waals surface area contributed by atoms with Gasteiger partial charge in [-0.2, -0.15) is 10.1 Å². The van der Waals surface area contributed by atoms with Crippen LogP contribution in [0.4, 0.5) is 15.4 Å². The van der Waals surface area contributed by atoms with Crippen molar-refractivity contribution in [3.05, 3.63) is 23.9 Å². The summed E-state index contributed by atoms with van der Waals surface area (Å²) in [5.74, 6) is 0.692. The number of hydrogen-bond acceptors (Lipinski definition) is 5. The molecule has 41 heavy (non-hydrogen) atoms. The fourth-order valence-corrected chi connectivity index (χ4v) is 4.87. The van der Waals surface area contributed by atoms with Crippen LogP contribution >= 0.6 is 0 Å². The zero-order valence-corrected chi connectivity index (χ0v) is 26.6. The zero-order valence-electron chi connectivity index (χ0n) is 26.6. The lowest BCUT2D eigenvalue weighted by Gasteiger charge is -2.17. The predicted octanol–water partition coefficient (Wildman–Crippen LogP) is 8.24. The number of aryl methyl sites for hydroxylation is 2. The van der Waals surface area contributed by atoms with Gasteiger partial charge in [-0.1, -0.05) is 103 Å². The van der Waals surface area contributed by atoms with Crippen molar-refractivity contribution in [1.82, 2.24) is 5.32 Å². The maximum absolute atomic E-state index is 12.3. The number of amides is 2. The summed E-state index contributed by atoms with van der Waals surface area (Å²) >= 11 is 0. The van der Waals surface area contributed by atoms with E-state index in [1.54, 1.807) is 0 Å². The van der Waals surface area contributed by atoms with Crippen LogP contribution in [0, 0.1) is 6.92 Å². The van der Waals surface area contributed by atoms with Crippen molar-refractivity contribution in [2.75, 3.05) is 31.7 Å². The van der Waals surface area contributed by atoms with E-state index in [2.05, 4.69) is 17.6 Å². The number of alkyl carbamates (subject to hydrolysis) is 1. The van der Waals surface area contributed by atoms with Crippen LogP contribution in [0.5, 0.6) is 0 Å². The first kappa shape index (κ1) is 36.7. The number of nitrogens with zero attached hydrogens (tertiary/aromatic N) is 1. The van der Waals surface area contributed by atoms with E-state index in [9.17, 15) is 9.59 Å². The molecule has 1 unspecified atom stereocenters. The van der Waals surface area contributed by atoms with Crippen LogP contribution < -0.4 is 15.2 Å². The highest BCUT2D eigenvalue weighted by atomic mass is 16.6. The van der Waals surface area contributed by atoms with Gasteiger partial charge in [0.15, 0.2) is 0 Å². The molecule has 1 aromatic rings. The van der Waals surface area contributed by atoms with E-state index < -0.39 is 18.3 Å². The van der Waals surface area contributed by atoms with Gasteiger partial charge < -0.3 is 19.5 Å².